The maximum Gasteiger partial charge on any atom is 0.140 e. The van der Waals surface area contributed by atoms with Crippen molar-refractivity contribution in [2.75, 3.05) is 6.61 Å². The molecule has 0 bridgehead atoms. The van der Waals surface area contributed by atoms with Crippen LogP contribution in [-0.4, -0.2) is 21.7 Å². The molecule has 0 amide bonds. The van der Waals surface area contributed by atoms with Crippen LogP contribution < -0.4 is 0 Å². The van der Waals surface area contributed by atoms with Gasteiger partial charge in [-0.3, -0.25) is 0 Å². The van der Waals surface area contributed by atoms with Crippen LogP contribution in [0.1, 0.15) is 12.0 Å². The molecule has 3 rings (SSSR count). The Balaban J connectivity index is 2.16. The number of nitrogens with one attached hydrogen (secondary N) is 1. The van der Waals surface area contributed by atoms with Crippen LogP contribution >= 0.6 is 11.6 Å². The molecule has 0 radical (unpaired) electrons. The van der Waals surface area contributed by atoms with Crippen molar-refractivity contribution in [2.24, 2.45) is 0 Å². The molecule has 0 saturated heterocycles. The predicted octanol–water partition coefficient (Wildman–Crippen LogP) is 3.29. The van der Waals surface area contributed by atoms with E-state index in [2.05, 4.69) is 28.2 Å². The maximum atomic E-state index is 8.87. The molecule has 0 fully saturated rings. The molecule has 2 heterocycles. The van der Waals surface area contributed by atoms with Crippen LogP contribution in [0.15, 0.2) is 30.3 Å². The van der Waals surface area contributed by atoms with E-state index in [9.17, 15) is 0 Å². The molecule has 0 unspecified atom stereocenters. The lowest BCUT2D eigenvalue weighted by Crippen LogP contribution is -1.88. The minimum Gasteiger partial charge on any atom is -0.396 e. The topological polar surface area (TPSA) is 48.9 Å². The summed E-state index contributed by atoms with van der Waals surface area (Å²) in [5.41, 5.74) is 3.11. The third-order valence-electron chi connectivity index (χ3n) is 3.11. The van der Waals surface area contributed by atoms with Gasteiger partial charge in [-0.1, -0.05) is 17.7 Å². The van der Waals surface area contributed by atoms with Crippen molar-refractivity contribution in [3.05, 3.63) is 41.0 Å². The Labute approximate surface area is 109 Å². The van der Waals surface area contributed by atoms with Gasteiger partial charge < -0.3 is 10.1 Å². The first-order valence-electron chi connectivity index (χ1n) is 5.95. The largest absolute Gasteiger partial charge is 0.396 e. The number of aliphatic hydroxyl groups is 1. The Hall–Kier alpha value is -1.58. The van der Waals surface area contributed by atoms with E-state index in [1.807, 2.05) is 6.07 Å². The second-order valence-electron chi connectivity index (χ2n) is 4.36. The van der Waals surface area contributed by atoms with Gasteiger partial charge in [0.1, 0.15) is 10.8 Å². The van der Waals surface area contributed by atoms with Crippen molar-refractivity contribution < 1.29 is 5.11 Å². The molecule has 1 aromatic carbocycles. The molecule has 0 aliphatic rings. The summed E-state index contributed by atoms with van der Waals surface area (Å²) in [6.07, 6.45) is 1.68. The highest BCUT2D eigenvalue weighted by Crippen LogP contribution is 2.26. The first-order valence-corrected chi connectivity index (χ1v) is 6.33. The van der Waals surface area contributed by atoms with Crippen LogP contribution in [0.2, 0.25) is 5.15 Å². The van der Waals surface area contributed by atoms with Gasteiger partial charge in [0.05, 0.1) is 0 Å². The highest BCUT2D eigenvalue weighted by Gasteiger charge is 2.06. The van der Waals surface area contributed by atoms with Crippen LogP contribution in [0, 0.1) is 0 Å². The predicted molar refractivity (Wildman–Crippen MR) is 74.0 cm³/mol. The number of rotatable bonds is 3. The Morgan fingerprint density at radius 3 is 2.89 bits per heavy atom. The van der Waals surface area contributed by atoms with Gasteiger partial charge in [0.25, 0.3) is 0 Å². The van der Waals surface area contributed by atoms with E-state index in [4.69, 9.17) is 16.7 Å². The molecule has 3 aromatic rings. The molecule has 4 heteroatoms. The lowest BCUT2D eigenvalue weighted by atomic mass is 10.1. The zero-order chi connectivity index (χ0) is 12.5. The summed E-state index contributed by atoms with van der Waals surface area (Å²) < 4.78 is 0. The highest BCUT2D eigenvalue weighted by molar-refractivity contribution is 6.30. The summed E-state index contributed by atoms with van der Waals surface area (Å²) in [5, 5.41) is 11.6. The van der Waals surface area contributed by atoms with Gasteiger partial charge in [-0.25, -0.2) is 4.98 Å². The number of aliphatic hydroxyl groups excluding tert-OH is 1. The molecule has 3 nitrogen and oxygen atoms in total. The number of hydrogen-bond acceptors (Lipinski definition) is 2. The minimum atomic E-state index is 0.225. The first-order chi connectivity index (χ1) is 8.78. The summed E-state index contributed by atoms with van der Waals surface area (Å²) >= 11 is 5.89. The van der Waals surface area contributed by atoms with Gasteiger partial charge in [0.2, 0.25) is 0 Å². The van der Waals surface area contributed by atoms with E-state index in [1.54, 1.807) is 6.07 Å². The lowest BCUT2D eigenvalue weighted by molar-refractivity contribution is 0.288. The van der Waals surface area contributed by atoms with Crippen molar-refractivity contribution in [1.82, 2.24) is 9.97 Å². The van der Waals surface area contributed by atoms with Crippen molar-refractivity contribution in [1.29, 1.82) is 0 Å². The molecule has 18 heavy (non-hydrogen) atoms. The number of pyridine rings is 1. The number of aromatic nitrogens is 2. The summed E-state index contributed by atoms with van der Waals surface area (Å²) in [6, 6.07) is 10.1. The quantitative estimate of drug-likeness (QED) is 0.710. The van der Waals surface area contributed by atoms with Crippen molar-refractivity contribution in [2.45, 2.75) is 12.8 Å². The Morgan fingerprint density at radius 2 is 2.06 bits per heavy atom. The second-order valence-corrected chi connectivity index (χ2v) is 4.75. The van der Waals surface area contributed by atoms with E-state index in [1.165, 1.54) is 5.56 Å². The van der Waals surface area contributed by atoms with Crippen molar-refractivity contribution in [3.63, 3.8) is 0 Å². The molecule has 0 saturated carbocycles. The van der Waals surface area contributed by atoms with Crippen molar-refractivity contribution in [3.8, 4) is 0 Å². The van der Waals surface area contributed by atoms with Crippen molar-refractivity contribution >= 4 is 33.5 Å². The maximum absolute atomic E-state index is 8.87. The molecule has 0 aliphatic carbocycles. The van der Waals surface area contributed by atoms with Gasteiger partial charge in [-0.15, -0.1) is 0 Å². The van der Waals surface area contributed by atoms with E-state index < -0.39 is 0 Å². The molecular weight excluding hydrogens is 248 g/mol. The van der Waals surface area contributed by atoms with E-state index in [0.29, 0.717) is 5.15 Å². The molecule has 92 valence electrons. The molecule has 2 aromatic heterocycles. The standard InChI is InChI=1S/C14H13ClN2O/c15-13-6-4-10-11-8-9(2-1-7-18)3-5-12(11)16-14(10)17-13/h3-6,8,18H,1-2,7H2,(H,16,17). The lowest BCUT2D eigenvalue weighted by Gasteiger charge is -1.99. The number of benzene rings is 1. The highest BCUT2D eigenvalue weighted by atomic mass is 35.5. The fourth-order valence-corrected chi connectivity index (χ4v) is 2.38. The van der Waals surface area contributed by atoms with Gasteiger partial charge in [0, 0.05) is 22.9 Å². The SMILES string of the molecule is OCCCc1ccc2[nH]c3nc(Cl)ccc3c2c1. The summed E-state index contributed by atoms with van der Waals surface area (Å²) in [4.78, 5) is 7.53. The molecular formula is C14H13ClN2O. The normalized spacial score (nSPS) is 11.4. The van der Waals surface area contributed by atoms with Gasteiger partial charge in [-0.2, -0.15) is 0 Å². The third-order valence-corrected chi connectivity index (χ3v) is 3.32. The number of aromatic amines is 1. The number of halogens is 1. The number of nitrogens with zero attached hydrogens (tertiary/aromatic N) is 1. The zero-order valence-electron chi connectivity index (χ0n) is 9.78. The number of aryl methyl sites for hydroxylation is 1. The fraction of sp³-hybridized carbons (Fsp3) is 0.214. The summed E-state index contributed by atoms with van der Waals surface area (Å²) in [6.45, 7) is 0.225. The van der Waals surface area contributed by atoms with E-state index in [-0.39, 0.29) is 6.61 Å². The van der Waals surface area contributed by atoms with Crippen LogP contribution in [0.4, 0.5) is 0 Å². The number of fused-ring (bicyclic) bond motifs is 3. The summed E-state index contributed by atoms with van der Waals surface area (Å²) in [7, 11) is 0. The number of hydrogen-bond donors (Lipinski definition) is 2. The average Bonchev–Trinajstić information content (AvgIpc) is 2.72. The molecule has 0 aliphatic heterocycles. The van der Waals surface area contributed by atoms with Gasteiger partial charge >= 0.3 is 0 Å². The Bertz CT molecular complexity index is 705. The second kappa shape index (κ2) is 4.59. The smallest absolute Gasteiger partial charge is 0.140 e. The number of H-pyrrole nitrogens is 1. The van der Waals surface area contributed by atoms with Crippen LogP contribution in [0.3, 0.4) is 0 Å². The van der Waals surface area contributed by atoms with Crippen LogP contribution in [-0.2, 0) is 6.42 Å². The molecule has 0 spiro atoms. The zero-order valence-corrected chi connectivity index (χ0v) is 10.5. The Morgan fingerprint density at radius 1 is 1.17 bits per heavy atom. The van der Waals surface area contributed by atoms with E-state index in [0.717, 1.165) is 34.8 Å². The van der Waals surface area contributed by atoms with Gasteiger partial charge in [-0.05, 0) is 42.7 Å². The van der Waals surface area contributed by atoms with Crippen LogP contribution in [0.25, 0.3) is 21.9 Å². The summed E-state index contributed by atoms with van der Waals surface area (Å²) in [5.74, 6) is 0. The van der Waals surface area contributed by atoms with Crippen LogP contribution in [0.5, 0.6) is 0 Å². The third kappa shape index (κ3) is 1.96. The first kappa shape index (κ1) is 11.5. The average molecular weight is 261 g/mol. The fourth-order valence-electron chi connectivity index (χ4n) is 2.24. The monoisotopic (exact) mass is 260 g/mol. The molecule has 0 atom stereocenters. The van der Waals surface area contributed by atoms with E-state index >= 15 is 0 Å². The molecule has 2 N–H and O–H groups in total. The minimum absolute atomic E-state index is 0.225. The Kier molecular flexibility index (Phi) is 2.94. The van der Waals surface area contributed by atoms with Gasteiger partial charge in [0.15, 0.2) is 0 Å².